The van der Waals surface area contributed by atoms with Crippen LogP contribution in [-0.4, -0.2) is 47.4 Å². The number of nitrogens with two attached hydrogens (primary N) is 1. The van der Waals surface area contributed by atoms with Gasteiger partial charge in [0.1, 0.15) is 0 Å². The van der Waals surface area contributed by atoms with E-state index >= 15 is 0 Å². The molecule has 0 spiro atoms. The first-order valence-corrected chi connectivity index (χ1v) is 11.1. The first-order chi connectivity index (χ1) is 15.1. The summed E-state index contributed by atoms with van der Waals surface area (Å²) in [7, 11) is 1.44. The van der Waals surface area contributed by atoms with Crippen molar-refractivity contribution in [3.63, 3.8) is 0 Å². The Labute approximate surface area is 182 Å². The maximum Gasteiger partial charge on any atom is 0.236 e. The van der Waals surface area contributed by atoms with Crippen molar-refractivity contribution in [2.24, 2.45) is 0 Å². The van der Waals surface area contributed by atoms with Gasteiger partial charge < -0.3 is 25.4 Å². The van der Waals surface area contributed by atoms with E-state index in [-0.39, 0.29) is 17.8 Å². The molecule has 31 heavy (non-hydrogen) atoms. The lowest BCUT2D eigenvalue weighted by Crippen LogP contribution is -2.30. The minimum absolute atomic E-state index is 0.0152. The summed E-state index contributed by atoms with van der Waals surface area (Å²) in [6.07, 6.45) is 9.05. The molecule has 2 fully saturated rings. The van der Waals surface area contributed by atoms with E-state index in [9.17, 15) is 4.39 Å². The number of nitrogens with zero attached hydrogens (tertiary/aromatic N) is 4. The van der Waals surface area contributed by atoms with Crippen molar-refractivity contribution in [2.45, 2.75) is 63.5 Å². The zero-order valence-electron chi connectivity index (χ0n) is 18.0. The second-order valence-electron chi connectivity index (χ2n) is 8.21. The van der Waals surface area contributed by atoms with Gasteiger partial charge in [-0.05, 0) is 37.8 Å². The molecule has 1 aliphatic heterocycles. The van der Waals surface area contributed by atoms with Crippen LogP contribution in [0.5, 0.6) is 5.75 Å². The van der Waals surface area contributed by atoms with Crippen LogP contribution in [0.25, 0.3) is 0 Å². The third-order valence-electron chi connectivity index (χ3n) is 5.93. The molecule has 3 N–H and O–H groups in total. The summed E-state index contributed by atoms with van der Waals surface area (Å²) in [5.41, 5.74) is 6.65. The van der Waals surface area contributed by atoms with Crippen molar-refractivity contribution in [1.82, 2.24) is 15.0 Å². The van der Waals surface area contributed by atoms with E-state index in [2.05, 4.69) is 20.3 Å². The highest BCUT2D eigenvalue weighted by atomic mass is 19.1. The van der Waals surface area contributed by atoms with Crippen LogP contribution in [0, 0.1) is 5.82 Å². The monoisotopic (exact) mass is 430 g/mol. The Balaban J connectivity index is 1.63. The van der Waals surface area contributed by atoms with E-state index in [4.69, 9.17) is 15.2 Å². The SMILES string of the molecule is COc1ccc(N(CC2CCCO2)c2nc(N)nc(NC3CCCCCC3)n2)cc1F. The highest BCUT2D eigenvalue weighted by molar-refractivity contribution is 5.60. The van der Waals surface area contributed by atoms with Crippen LogP contribution in [-0.2, 0) is 4.74 Å². The first kappa shape index (κ1) is 21.5. The van der Waals surface area contributed by atoms with Crippen LogP contribution < -0.4 is 20.7 Å². The number of ether oxygens (including phenoxy) is 2. The lowest BCUT2D eigenvalue weighted by atomic mass is 10.1. The van der Waals surface area contributed by atoms with E-state index in [1.807, 2.05) is 4.90 Å². The van der Waals surface area contributed by atoms with E-state index in [1.54, 1.807) is 12.1 Å². The average molecular weight is 431 g/mol. The predicted octanol–water partition coefficient (Wildman–Crippen LogP) is 4.05. The summed E-state index contributed by atoms with van der Waals surface area (Å²) in [4.78, 5) is 15.2. The second-order valence-corrected chi connectivity index (χ2v) is 8.21. The number of hydrogen-bond acceptors (Lipinski definition) is 8. The molecule has 8 nitrogen and oxygen atoms in total. The lowest BCUT2D eigenvalue weighted by molar-refractivity contribution is 0.117. The van der Waals surface area contributed by atoms with Crippen molar-refractivity contribution in [3.05, 3.63) is 24.0 Å². The number of methoxy groups -OCH3 is 1. The predicted molar refractivity (Wildman–Crippen MR) is 118 cm³/mol. The minimum Gasteiger partial charge on any atom is -0.494 e. The summed E-state index contributed by atoms with van der Waals surface area (Å²) < 4.78 is 25.4. The first-order valence-electron chi connectivity index (χ1n) is 11.1. The molecule has 1 unspecified atom stereocenters. The normalized spacial score (nSPS) is 19.7. The highest BCUT2D eigenvalue weighted by Gasteiger charge is 2.24. The molecule has 1 aliphatic carbocycles. The molecule has 2 aliphatic rings. The molecule has 0 radical (unpaired) electrons. The second kappa shape index (κ2) is 10.1. The van der Waals surface area contributed by atoms with Gasteiger partial charge in [-0.2, -0.15) is 15.0 Å². The van der Waals surface area contributed by atoms with Crippen LogP contribution in [0.15, 0.2) is 18.2 Å². The van der Waals surface area contributed by atoms with Gasteiger partial charge >= 0.3 is 0 Å². The van der Waals surface area contributed by atoms with Gasteiger partial charge in [0.15, 0.2) is 11.6 Å². The molecule has 1 saturated heterocycles. The van der Waals surface area contributed by atoms with Crippen LogP contribution in [0.2, 0.25) is 0 Å². The van der Waals surface area contributed by atoms with Gasteiger partial charge in [-0.15, -0.1) is 0 Å². The fourth-order valence-corrected chi connectivity index (χ4v) is 4.29. The number of anilines is 4. The number of nitrogens with one attached hydrogen (secondary N) is 1. The zero-order valence-corrected chi connectivity index (χ0v) is 18.0. The number of hydrogen-bond donors (Lipinski definition) is 2. The van der Waals surface area contributed by atoms with Gasteiger partial charge in [0.05, 0.1) is 19.8 Å². The standard InChI is InChI=1S/C22H31FN6O2/c1-30-19-11-10-16(13-18(19)23)29(14-17-9-6-12-31-17)22-27-20(24)26-21(28-22)25-15-7-4-2-3-5-8-15/h10-11,13,15,17H,2-9,12,14H2,1H3,(H3,24,25,26,27,28). The molecule has 0 amide bonds. The Kier molecular flexibility index (Phi) is 7.01. The molecule has 168 valence electrons. The number of nitrogen functional groups attached to an aromatic ring is 1. The highest BCUT2D eigenvalue weighted by Crippen LogP contribution is 2.30. The fraction of sp³-hybridized carbons (Fsp3) is 0.591. The third-order valence-corrected chi connectivity index (χ3v) is 5.93. The summed E-state index contributed by atoms with van der Waals surface area (Å²) >= 11 is 0. The Bertz CT molecular complexity index is 869. The number of benzene rings is 1. The van der Waals surface area contributed by atoms with Crippen molar-refractivity contribution in [2.75, 3.05) is 36.2 Å². The molecule has 1 saturated carbocycles. The Hall–Kier alpha value is -2.68. The number of aromatic nitrogens is 3. The molecule has 1 aromatic carbocycles. The molecular formula is C22H31FN6O2. The van der Waals surface area contributed by atoms with Gasteiger partial charge in [-0.25, -0.2) is 4.39 Å². The van der Waals surface area contributed by atoms with Gasteiger partial charge in [-0.3, -0.25) is 0 Å². The molecule has 1 atom stereocenters. The van der Waals surface area contributed by atoms with Crippen LogP contribution >= 0.6 is 0 Å². The molecule has 4 rings (SSSR count). The molecule has 9 heteroatoms. The van der Waals surface area contributed by atoms with Crippen molar-refractivity contribution in [3.8, 4) is 5.75 Å². The maximum atomic E-state index is 14.5. The average Bonchev–Trinajstić information content (AvgIpc) is 3.14. The molecular weight excluding hydrogens is 399 g/mol. The summed E-state index contributed by atoms with van der Waals surface area (Å²) in [5, 5.41) is 3.44. The zero-order chi connectivity index (χ0) is 21.6. The minimum atomic E-state index is -0.448. The van der Waals surface area contributed by atoms with Crippen molar-refractivity contribution < 1.29 is 13.9 Å². The maximum absolute atomic E-state index is 14.5. The molecule has 2 heterocycles. The summed E-state index contributed by atoms with van der Waals surface area (Å²) in [6.45, 7) is 1.22. The van der Waals surface area contributed by atoms with Gasteiger partial charge in [0, 0.05) is 24.4 Å². The Morgan fingerprint density at radius 3 is 2.61 bits per heavy atom. The smallest absolute Gasteiger partial charge is 0.236 e. The van der Waals surface area contributed by atoms with Crippen LogP contribution in [0.3, 0.4) is 0 Å². The Morgan fingerprint density at radius 2 is 1.94 bits per heavy atom. The van der Waals surface area contributed by atoms with E-state index in [0.29, 0.717) is 30.2 Å². The lowest BCUT2D eigenvalue weighted by Gasteiger charge is -2.26. The van der Waals surface area contributed by atoms with E-state index in [0.717, 1.165) is 32.3 Å². The molecule has 2 aromatic rings. The van der Waals surface area contributed by atoms with Crippen LogP contribution in [0.1, 0.15) is 51.4 Å². The van der Waals surface area contributed by atoms with Crippen molar-refractivity contribution in [1.29, 1.82) is 0 Å². The summed E-state index contributed by atoms with van der Waals surface area (Å²) in [5.74, 6) is 0.708. The number of rotatable bonds is 7. The van der Waals surface area contributed by atoms with Crippen molar-refractivity contribution >= 4 is 23.5 Å². The van der Waals surface area contributed by atoms with E-state index < -0.39 is 5.82 Å². The van der Waals surface area contributed by atoms with Gasteiger partial charge in [0.25, 0.3) is 0 Å². The molecule has 0 bridgehead atoms. The third kappa shape index (κ3) is 5.52. The van der Waals surface area contributed by atoms with Gasteiger partial charge in [0.2, 0.25) is 17.8 Å². The summed E-state index contributed by atoms with van der Waals surface area (Å²) in [6, 6.07) is 5.13. The largest absolute Gasteiger partial charge is 0.494 e. The number of halogens is 1. The quantitative estimate of drug-likeness (QED) is 0.635. The van der Waals surface area contributed by atoms with Gasteiger partial charge in [-0.1, -0.05) is 25.7 Å². The van der Waals surface area contributed by atoms with Crippen LogP contribution in [0.4, 0.5) is 27.9 Å². The van der Waals surface area contributed by atoms with E-state index in [1.165, 1.54) is 38.9 Å². The topological polar surface area (TPSA) is 98.4 Å². The fourth-order valence-electron chi connectivity index (χ4n) is 4.29. The molecule has 1 aromatic heterocycles. The Morgan fingerprint density at radius 1 is 1.13 bits per heavy atom.